The van der Waals surface area contributed by atoms with Crippen LogP contribution in [-0.4, -0.2) is 44.5 Å². The van der Waals surface area contributed by atoms with Gasteiger partial charge in [0.05, 0.1) is 17.1 Å². The molecular formula is C19H21FN2O4S. The predicted octanol–water partition coefficient (Wildman–Crippen LogP) is 2.88. The van der Waals surface area contributed by atoms with Crippen molar-refractivity contribution in [2.75, 3.05) is 17.8 Å². The largest absolute Gasteiger partial charge is 0.372 e. The van der Waals surface area contributed by atoms with Gasteiger partial charge in [-0.1, -0.05) is 0 Å². The maximum atomic E-state index is 13.0. The van der Waals surface area contributed by atoms with Gasteiger partial charge in [-0.25, -0.2) is 12.8 Å². The quantitative estimate of drug-likeness (QED) is 0.868. The van der Waals surface area contributed by atoms with E-state index in [-0.39, 0.29) is 23.0 Å². The van der Waals surface area contributed by atoms with Gasteiger partial charge in [0.2, 0.25) is 0 Å². The van der Waals surface area contributed by atoms with E-state index < -0.39 is 15.8 Å². The molecule has 0 bridgehead atoms. The van der Waals surface area contributed by atoms with Gasteiger partial charge in [-0.15, -0.1) is 0 Å². The van der Waals surface area contributed by atoms with E-state index in [4.69, 9.17) is 4.74 Å². The SMILES string of the molecule is C[C@@H]1CN(C(=O)c2ccc(NS(=O)(=O)c3ccc(F)cc3)cc2)C[C@@H](C)O1. The molecule has 2 aromatic rings. The van der Waals surface area contributed by atoms with Crippen LogP contribution in [0, 0.1) is 5.82 Å². The fraction of sp³-hybridized carbons (Fsp3) is 0.316. The first-order valence-corrected chi connectivity index (χ1v) is 10.1. The van der Waals surface area contributed by atoms with E-state index in [2.05, 4.69) is 4.72 Å². The second-order valence-corrected chi connectivity index (χ2v) is 8.29. The van der Waals surface area contributed by atoms with Gasteiger partial charge in [0.15, 0.2) is 0 Å². The van der Waals surface area contributed by atoms with Crippen LogP contribution in [0.2, 0.25) is 0 Å². The molecule has 0 unspecified atom stereocenters. The van der Waals surface area contributed by atoms with Gasteiger partial charge in [0, 0.05) is 24.3 Å². The summed E-state index contributed by atoms with van der Waals surface area (Å²) in [5.74, 6) is -0.631. The number of ether oxygens (including phenoxy) is 1. The first-order chi connectivity index (χ1) is 12.7. The minimum atomic E-state index is -3.83. The molecule has 0 spiro atoms. The van der Waals surface area contributed by atoms with Crippen molar-refractivity contribution in [2.45, 2.75) is 31.0 Å². The molecule has 2 atom stereocenters. The number of halogens is 1. The molecule has 2 aromatic carbocycles. The molecule has 3 rings (SSSR count). The molecule has 1 heterocycles. The molecular weight excluding hydrogens is 371 g/mol. The number of carbonyl (C=O) groups excluding carboxylic acids is 1. The summed E-state index contributed by atoms with van der Waals surface area (Å²) in [6.07, 6.45) is -0.0565. The zero-order chi connectivity index (χ0) is 19.6. The van der Waals surface area contributed by atoms with Crippen molar-refractivity contribution in [1.82, 2.24) is 4.90 Å². The molecule has 0 saturated carbocycles. The first-order valence-electron chi connectivity index (χ1n) is 8.58. The lowest BCUT2D eigenvalue weighted by Gasteiger charge is -2.35. The van der Waals surface area contributed by atoms with Crippen LogP contribution >= 0.6 is 0 Å². The summed E-state index contributed by atoms with van der Waals surface area (Å²) in [6, 6.07) is 10.8. The van der Waals surface area contributed by atoms with Crippen LogP contribution in [0.5, 0.6) is 0 Å². The van der Waals surface area contributed by atoms with Crippen LogP contribution in [0.1, 0.15) is 24.2 Å². The number of carbonyl (C=O) groups is 1. The molecule has 6 nitrogen and oxygen atoms in total. The average Bonchev–Trinajstić information content (AvgIpc) is 2.61. The van der Waals surface area contributed by atoms with Gasteiger partial charge < -0.3 is 9.64 Å². The van der Waals surface area contributed by atoms with Crippen LogP contribution in [0.4, 0.5) is 10.1 Å². The Morgan fingerprint density at radius 2 is 1.59 bits per heavy atom. The summed E-state index contributed by atoms with van der Waals surface area (Å²) in [4.78, 5) is 14.3. The smallest absolute Gasteiger partial charge is 0.261 e. The Morgan fingerprint density at radius 3 is 2.15 bits per heavy atom. The number of anilines is 1. The van der Waals surface area contributed by atoms with Crippen molar-refractivity contribution in [2.24, 2.45) is 0 Å². The molecule has 1 aliphatic rings. The number of rotatable bonds is 4. The van der Waals surface area contributed by atoms with Crippen molar-refractivity contribution < 1.29 is 22.3 Å². The monoisotopic (exact) mass is 392 g/mol. The highest BCUT2D eigenvalue weighted by Crippen LogP contribution is 2.19. The molecule has 27 heavy (non-hydrogen) atoms. The van der Waals surface area contributed by atoms with E-state index in [1.54, 1.807) is 17.0 Å². The summed E-state index contributed by atoms with van der Waals surface area (Å²) in [5.41, 5.74) is 0.792. The summed E-state index contributed by atoms with van der Waals surface area (Å²) >= 11 is 0. The molecule has 1 saturated heterocycles. The number of benzene rings is 2. The number of hydrogen-bond acceptors (Lipinski definition) is 4. The maximum Gasteiger partial charge on any atom is 0.261 e. The number of morpholine rings is 1. The van der Waals surface area contributed by atoms with Crippen LogP contribution in [0.3, 0.4) is 0 Å². The minimum absolute atomic E-state index is 0.0282. The number of amides is 1. The zero-order valence-corrected chi connectivity index (χ0v) is 15.9. The van der Waals surface area contributed by atoms with Crippen molar-refractivity contribution in [3.63, 3.8) is 0 Å². The van der Waals surface area contributed by atoms with Gasteiger partial charge in [-0.05, 0) is 62.4 Å². The van der Waals surface area contributed by atoms with E-state index in [0.717, 1.165) is 12.1 Å². The zero-order valence-electron chi connectivity index (χ0n) is 15.1. The third-order valence-corrected chi connectivity index (χ3v) is 5.61. The molecule has 1 aliphatic heterocycles. The van der Waals surface area contributed by atoms with Crippen molar-refractivity contribution in [1.29, 1.82) is 0 Å². The van der Waals surface area contributed by atoms with E-state index in [0.29, 0.717) is 24.3 Å². The molecule has 0 aromatic heterocycles. The lowest BCUT2D eigenvalue weighted by atomic mass is 10.1. The lowest BCUT2D eigenvalue weighted by Crippen LogP contribution is -2.48. The molecule has 144 valence electrons. The van der Waals surface area contributed by atoms with E-state index >= 15 is 0 Å². The Hall–Kier alpha value is -2.45. The third-order valence-electron chi connectivity index (χ3n) is 4.21. The fourth-order valence-corrected chi connectivity index (χ4v) is 4.09. The van der Waals surface area contributed by atoms with E-state index in [9.17, 15) is 17.6 Å². The second-order valence-electron chi connectivity index (χ2n) is 6.60. The molecule has 0 radical (unpaired) electrons. The summed E-state index contributed by atoms with van der Waals surface area (Å²) in [6.45, 7) is 4.87. The highest BCUT2D eigenvalue weighted by Gasteiger charge is 2.26. The predicted molar refractivity (Wildman–Crippen MR) is 99.6 cm³/mol. The highest BCUT2D eigenvalue weighted by molar-refractivity contribution is 7.92. The van der Waals surface area contributed by atoms with Crippen molar-refractivity contribution >= 4 is 21.6 Å². The molecule has 1 N–H and O–H groups in total. The lowest BCUT2D eigenvalue weighted by molar-refractivity contribution is -0.0586. The molecule has 0 aliphatic carbocycles. The number of sulfonamides is 1. The van der Waals surface area contributed by atoms with Crippen molar-refractivity contribution in [3.05, 3.63) is 59.9 Å². The third kappa shape index (κ3) is 4.64. The normalized spacial score (nSPS) is 20.3. The van der Waals surface area contributed by atoms with E-state index in [1.807, 2.05) is 13.8 Å². The number of nitrogens with zero attached hydrogens (tertiary/aromatic N) is 1. The van der Waals surface area contributed by atoms with Gasteiger partial charge >= 0.3 is 0 Å². The van der Waals surface area contributed by atoms with Gasteiger partial charge in [0.1, 0.15) is 5.82 Å². The van der Waals surface area contributed by atoms with Crippen molar-refractivity contribution in [3.8, 4) is 0 Å². The topological polar surface area (TPSA) is 75.7 Å². The number of nitrogens with one attached hydrogen (secondary N) is 1. The van der Waals surface area contributed by atoms with Crippen LogP contribution in [0.25, 0.3) is 0 Å². The van der Waals surface area contributed by atoms with E-state index in [1.165, 1.54) is 24.3 Å². The highest BCUT2D eigenvalue weighted by atomic mass is 32.2. The average molecular weight is 392 g/mol. The Labute approximate surface area is 158 Å². The van der Waals surface area contributed by atoms with Gasteiger partial charge in [-0.3, -0.25) is 9.52 Å². The summed E-state index contributed by atoms with van der Waals surface area (Å²) < 4.78 is 45.7. The standard InChI is InChI=1S/C19H21FN2O4S/c1-13-11-22(12-14(2)26-13)19(23)15-3-7-17(8-4-15)21-27(24,25)18-9-5-16(20)6-10-18/h3-10,13-14,21H,11-12H2,1-2H3/t13-,14-/m1/s1. The number of hydrogen-bond donors (Lipinski definition) is 1. The molecule has 1 amide bonds. The summed E-state index contributed by atoms with van der Waals surface area (Å²) in [7, 11) is -3.83. The van der Waals surface area contributed by atoms with Gasteiger partial charge in [-0.2, -0.15) is 0 Å². The van der Waals surface area contributed by atoms with Gasteiger partial charge in [0.25, 0.3) is 15.9 Å². The Bertz CT molecular complexity index is 904. The van der Waals surface area contributed by atoms with Crippen LogP contribution in [0.15, 0.2) is 53.4 Å². The fourth-order valence-electron chi connectivity index (χ4n) is 3.03. The van der Waals surface area contributed by atoms with Crippen LogP contribution < -0.4 is 4.72 Å². The minimum Gasteiger partial charge on any atom is -0.372 e. The maximum absolute atomic E-state index is 13.0. The second kappa shape index (κ2) is 7.66. The Morgan fingerprint density at radius 1 is 1.04 bits per heavy atom. The molecule has 1 fully saturated rings. The Balaban J connectivity index is 1.71. The molecule has 8 heteroatoms. The Kier molecular flexibility index (Phi) is 5.48. The van der Waals surface area contributed by atoms with Crippen LogP contribution in [-0.2, 0) is 14.8 Å². The summed E-state index contributed by atoms with van der Waals surface area (Å²) in [5, 5.41) is 0. The first kappa shape index (κ1) is 19.3.